The number of hydrogen-bond donors (Lipinski definition) is 0. The Labute approximate surface area is 688 Å². The Morgan fingerprint density at radius 3 is 1.10 bits per heavy atom. The maximum absolute atomic E-state index is 13.4. The third kappa shape index (κ3) is 31.4. The molecule has 4 saturated heterocycles. The minimum absolute atomic E-state index is 0.0302. The highest BCUT2D eigenvalue weighted by molar-refractivity contribution is 6.02. The number of carbonyl (C=O) groups excluding carboxylic acids is 6. The first kappa shape index (κ1) is 91.8. The predicted molar refractivity (Wildman–Crippen MR) is 454 cm³/mol. The van der Waals surface area contributed by atoms with E-state index in [1.165, 1.54) is 6.42 Å². The van der Waals surface area contributed by atoms with Crippen LogP contribution in [0.2, 0.25) is 0 Å². The summed E-state index contributed by atoms with van der Waals surface area (Å²) in [5.74, 6) is -0.311. The Kier molecular flexibility index (Phi) is 38.6. The molecule has 0 aliphatic carbocycles. The number of fused-ring (bicyclic) bond motifs is 3. The Bertz CT molecular complexity index is 4090. The van der Waals surface area contributed by atoms with Crippen LogP contribution in [0.25, 0.3) is 0 Å². The van der Waals surface area contributed by atoms with Crippen LogP contribution in [0.15, 0.2) is 149 Å². The van der Waals surface area contributed by atoms with Crippen LogP contribution in [0.1, 0.15) is 205 Å². The van der Waals surface area contributed by atoms with Gasteiger partial charge in [-0.3, -0.25) is 14.4 Å². The summed E-state index contributed by atoms with van der Waals surface area (Å²) < 4.78 is 40.2. The Balaban J connectivity index is 0.000000219. The molecule has 3 aromatic carbocycles. The molecule has 7 heterocycles. The fourth-order valence-corrected chi connectivity index (χ4v) is 14.9. The van der Waals surface area contributed by atoms with Gasteiger partial charge in [-0.15, -0.1) is 0 Å². The number of nitrogens with zero attached hydrogens (tertiary/aromatic N) is 7. The third-order valence-corrected chi connectivity index (χ3v) is 21.0. The number of piperidine rings is 3. The topological polar surface area (TPSA) is 245 Å². The number of morpholine rings is 1. The number of esters is 3. The zero-order chi connectivity index (χ0) is 83.3. The van der Waals surface area contributed by atoms with E-state index in [2.05, 4.69) is 58.7 Å². The molecule has 6 atom stereocenters. The van der Waals surface area contributed by atoms with Crippen LogP contribution in [-0.2, 0) is 81.3 Å². The molecule has 3 aromatic rings. The van der Waals surface area contributed by atoms with Crippen molar-refractivity contribution in [3.8, 4) is 0 Å². The molecule has 0 saturated carbocycles. The fraction of sp³-hybridized carbons (Fsp3) is 0.538. The molecular weight excluding hydrogens is 1470 g/mol. The first-order valence-electron chi connectivity index (χ1n) is 41.7. The van der Waals surface area contributed by atoms with Crippen molar-refractivity contribution in [2.75, 3.05) is 106 Å². The quantitative estimate of drug-likeness (QED) is 0.0401. The summed E-state index contributed by atoms with van der Waals surface area (Å²) in [6.45, 7) is 35.6. The van der Waals surface area contributed by atoms with Crippen molar-refractivity contribution in [2.24, 2.45) is 21.4 Å². The number of ether oxygens (including phenoxy) is 7. The van der Waals surface area contributed by atoms with Crippen LogP contribution in [0.3, 0.4) is 0 Å². The average molecular weight is 1600 g/mol. The lowest BCUT2D eigenvalue weighted by molar-refractivity contribution is -0.137. The smallest absolute Gasteiger partial charge is 0.338 e. The van der Waals surface area contributed by atoms with E-state index in [1.54, 1.807) is 7.11 Å². The molecule has 0 aromatic heterocycles. The molecule has 630 valence electrons. The van der Waals surface area contributed by atoms with Crippen molar-refractivity contribution in [1.82, 2.24) is 19.6 Å². The third-order valence-electron chi connectivity index (χ3n) is 21.0. The van der Waals surface area contributed by atoms with E-state index in [1.807, 2.05) is 168 Å². The number of cyclic esters (lactones) is 3. The van der Waals surface area contributed by atoms with Crippen molar-refractivity contribution < 1.29 is 76.4 Å². The van der Waals surface area contributed by atoms with E-state index in [4.69, 9.17) is 47.7 Å². The number of aryl methyl sites for hydroxylation is 6. The number of methoxy groups -OCH3 is 1. The van der Waals surface area contributed by atoms with Gasteiger partial charge >= 0.3 is 17.9 Å². The lowest BCUT2D eigenvalue weighted by Crippen LogP contribution is -2.37. The molecule has 0 radical (unpaired) electrons. The average Bonchev–Trinajstić information content (AvgIpc) is 0.822. The number of amides is 3. The van der Waals surface area contributed by atoms with E-state index < -0.39 is 0 Å². The highest BCUT2D eigenvalue weighted by atomic mass is 16.6. The number of benzene rings is 3. The molecule has 4 fully saturated rings. The van der Waals surface area contributed by atoms with Crippen LogP contribution in [0.4, 0.5) is 0 Å². The zero-order valence-corrected chi connectivity index (χ0v) is 70.8. The molecule has 0 N–H and O–H groups in total. The summed E-state index contributed by atoms with van der Waals surface area (Å²) in [5.41, 5.74) is 12.7. The highest BCUT2D eigenvalue weighted by Gasteiger charge is 2.27. The Morgan fingerprint density at radius 2 is 0.750 bits per heavy atom. The number of likely N-dealkylation sites (tertiary alicyclic amines) is 3. The van der Waals surface area contributed by atoms with Crippen LogP contribution >= 0.6 is 0 Å². The number of rotatable bonds is 17. The lowest BCUT2D eigenvalue weighted by atomic mass is 9.94. The van der Waals surface area contributed by atoms with Gasteiger partial charge in [0.1, 0.15) is 30.7 Å². The fourth-order valence-electron chi connectivity index (χ4n) is 14.9. The van der Waals surface area contributed by atoms with Crippen LogP contribution < -0.4 is 0 Å². The standard InChI is InChI=1S/C34H47N3O6.C31H42N2O6.C28H38N2O4/c1-25-20-26(2)33-29(21-25)22-30(35-42-24-32(38)37-14-6-5-7-15-37)11-9-13-31(12-8-10-28(4)43-34(33)39)41-23-27(3)36-16-18-40-19-17-36;1-22-17-23(2)30-26(18-22)19-27(32-38-21-29(34)33-15-7-6-8-16-33)12-10-14-28(37-20-25(4)36-5)13-9-11-24(3)39-31(30)35;1-20-10-8-12-23(4)34-28(32)27-22(3)16-21(2)17-24(27)18-25(13-9-11-20)29-33-19-26(31)30-14-6-5-7-15-30/h8-9,11-12,20-21,28,31H,3,5-7,10,13-19,22-24H2,1-2,4H3;9-10,12-13,17-18,24,28H,4,6-8,11,14-16,19-21H2,1-3,5H3;8-10,13,16-17,20,23H,5-7,11-12,14-15,18-19H2,1-4H3/b11-9+,12-8+,35-30?;12-10+,13-9+,32-27?;10-8+,13-9+,29-25-/t28-,31-;24-,28-;20-,23-/m111/s1. The van der Waals surface area contributed by atoms with Crippen molar-refractivity contribution >= 4 is 52.8 Å². The summed E-state index contributed by atoms with van der Waals surface area (Å²) in [6, 6.07) is 11.9. The minimum atomic E-state index is -0.367. The minimum Gasteiger partial charge on any atom is -0.499 e. The van der Waals surface area contributed by atoms with Crippen molar-refractivity contribution in [2.45, 2.75) is 215 Å². The highest BCUT2D eigenvalue weighted by Crippen LogP contribution is 2.27. The van der Waals surface area contributed by atoms with Crippen molar-refractivity contribution in [1.29, 1.82) is 0 Å². The van der Waals surface area contributed by atoms with Crippen molar-refractivity contribution in [3.05, 3.63) is 201 Å². The summed E-state index contributed by atoms with van der Waals surface area (Å²) >= 11 is 0. The van der Waals surface area contributed by atoms with E-state index in [0.717, 1.165) is 166 Å². The monoisotopic (exact) mass is 1600 g/mol. The first-order valence-corrected chi connectivity index (χ1v) is 41.7. The van der Waals surface area contributed by atoms with E-state index in [9.17, 15) is 28.8 Å². The second kappa shape index (κ2) is 48.7. The van der Waals surface area contributed by atoms with Gasteiger partial charge in [0.2, 0.25) is 0 Å². The molecule has 23 heteroatoms. The molecule has 7 aliphatic heterocycles. The van der Waals surface area contributed by atoms with Crippen LogP contribution in [0, 0.1) is 47.5 Å². The van der Waals surface area contributed by atoms with Gasteiger partial charge in [0, 0.05) is 96.6 Å². The Morgan fingerprint density at radius 1 is 0.414 bits per heavy atom. The lowest BCUT2D eigenvalue weighted by Gasteiger charge is -2.30. The maximum atomic E-state index is 13.4. The van der Waals surface area contributed by atoms with E-state index >= 15 is 0 Å². The van der Waals surface area contributed by atoms with Crippen LogP contribution in [-0.4, -0.2) is 209 Å². The van der Waals surface area contributed by atoms with Gasteiger partial charge in [0.05, 0.1) is 73.0 Å². The number of hydrogen-bond acceptors (Lipinski definition) is 20. The second-order valence-electron chi connectivity index (χ2n) is 31.4. The molecule has 10 rings (SSSR count). The molecule has 7 aliphatic rings. The zero-order valence-electron chi connectivity index (χ0n) is 70.8. The van der Waals surface area contributed by atoms with Gasteiger partial charge < -0.3 is 67.3 Å². The summed E-state index contributed by atoms with van der Waals surface area (Å²) in [5, 5.41) is 13.0. The molecule has 23 nitrogen and oxygen atoms in total. The summed E-state index contributed by atoms with van der Waals surface area (Å²) in [4.78, 5) is 102. The number of oxime groups is 3. The second-order valence-corrected chi connectivity index (χ2v) is 31.4. The number of carbonyl (C=O) groups is 6. The maximum Gasteiger partial charge on any atom is 0.338 e. The molecule has 0 bridgehead atoms. The van der Waals surface area contributed by atoms with Gasteiger partial charge in [-0.2, -0.15) is 0 Å². The predicted octanol–water partition coefficient (Wildman–Crippen LogP) is 15.5. The SMILES string of the molecule is C=C(CO[C@@H]1/C=C/C[C@@H](C)OC(=O)c2c(C)cc(C)cc2CC(=NOCC(=O)N2CCCCC2)/C=C/C1)N1CCOCC1.C=C(CO[C@@H]1/C=C/C[C@@H](C)OC(=O)c2c(C)cc(C)cc2CC(=NOCC(=O)N2CCCCC2)/C=C/C1)OC.Cc1cc(C)c2c(c1)CC(=N\OCC(=O)N1CCCCC1)/C=C/C[C@H](C)/C=C/C[C@@H](C)OC2=O. The van der Waals surface area contributed by atoms with Gasteiger partial charge in [0.15, 0.2) is 19.8 Å². The van der Waals surface area contributed by atoms with Crippen molar-refractivity contribution in [3.63, 3.8) is 0 Å². The van der Waals surface area contributed by atoms with Crippen LogP contribution in [0.5, 0.6) is 0 Å². The van der Waals surface area contributed by atoms with Gasteiger partial charge in [0.25, 0.3) is 17.7 Å². The Hall–Kier alpha value is -9.71. The largest absolute Gasteiger partial charge is 0.499 e. The molecule has 0 spiro atoms. The van der Waals surface area contributed by atoms with Gasteiger partial charge in [-0.1, -0.05) is 143 Å². The molecule has 0 unspecified atom stereocenters. The molecule has 3 amide bonds. The number of allylic oxidation sites excluding steroid dienone is 5. The van der Waals surface area contributed by atoms with Gasteiger partial charge in [-0.05, 0) is 197 Å². The summed E-state index contributed by atoms with van der Waals surface area (Å²) in [6.07, 6.45) is 37.3. The normalized spacial score (nSPS) is 24.2. The summed E-state index contributed by atoms with van der Waals surface area (Å²) in [7, 11) is 1.56. The van der Waals surface area contributed by atoms with Gasteiger partial charge in [-0.25, -0.2) is 14.4 Å². The van der Waals surface area contributed by atoms with E-state index in [0.29, 0.717) is 117 Å². The van der Waals surface area contributed by atoms with E-state index in [-0.39, 0.29) is 92.6 Å². The molecule has 116 heavy (non-hydrogen) atoms. The first-order chi connectivity index (χ1) is 55.9. The molecular formula is C93H127N7O16.